The third-order valence-corrected chi connectivity index (χ3v) is 6.33. The second-order valence-electron chi connectivity index (χ2n) is 8.67. The molecule has 1 saturated heterocycles. The zero-order chi connectivity index (χ0) is 22.4. The van der Waals surface area contributed by atoms with Crippen molar-refractivity contribution in [1.82, 2.24) is 24.6 Å². The van der Waals surface area contributed by atoms with Crippen molar-refractivity contribution in [2.45, 2.75) is 19.9 Å². The summed E-state index contributed by atoms with van der Waals surface area (Å²) in [5.41, 5.74) is 5.21. The predicted octanol–water partition coefficient (Wildman–Crippen LogP) is 4.36. The molecule has 5 aromatic rings. The van der Waals surface area contributed by atoms with Crippen molar-refractivity contribution in [3.05, 3.63) is 78.6 Å². The first kappa shape index (κ1) is 19.7. The number of hydrogen-bond acceptors (Lipinski definition) is 6. The van der Waals surface area contributed by atoms with Crippen molar-refractivity contribution in [3.63, 3.8) is 0 Å². The molecule has 1 aliphatic heterocycles. The van der Waals surface area contributed by atoms with E-state index in [9.17, 15) is 0 Å². The largest absolute Gasteiger partial charge is 0.365 e. The standard InChI is InChI=1S/C26H25N7/c1-18-7-5-9-21(15-18)32-14-13-31(17-19(32)2)26-28-23-11-4-3-10-22(23)25-29-24(30-33(25)26)20-8-6-12-27-16-20/h3-12,15-16,19H,13-14,17H2,1-2H3. The van der Waals surface area contributed by atoms with E-state index in [-0.39, 0.29) is 0 Å². The van der Waals surface area contributed by atoms with Crippen LogP contribution in [0.15, 0.2) is 73.1 Å². The maximum absolute atomic E-state index is 5.03. The summed E-state index contributed by atoms with van der Waals surface area (Å²) in [5, 5.41) is 5.87. The normalized spacial score (nSPS) is 16.6. The van der Waals surface area contributed by atoms with Gasteiger partial charge in [0.05, 0.1) is 5.52 Å². The van der Waals surface area contributed by atoms with E-state index in [1.807, 2.05) is 34.8 Å². The number of hydrogen-bond donors (Lipinski definition) is 0. The molecule has 1 aliphatic rings. The lowest BCUT2D eigenvalue weighted by Crippen LogP contribution is -2.53. The van der Waals surface area contributed by atoms with Crippen LogP contribution in [-0.2, 0) is 0 Å². The highest BCUT2D eigenvalue weighted by Crippen LogP contribution is 2.28. The van der Waals surface area contributed by atoms with E-state index in [0.29, 0.717) is 11.9 Å². The van der Waals surface area contributed by atoms with E-state index in [2.05, 4.69) is 59.0 Å². The lowest BCUT2D eigenvalue weighted by atomic mass is 10.1. The van der Waals surface area contributed by atoms with Crippen molar-refractivity contribution in [2.24, 2.45) is 0 Å². The number of rotatable bonds is 3. The average molecular weight is 436 g/mol. The molecule has 0 saturated carbocycles. The molecule has 0 amide bonds. The van der Waals surface area contributed by atoms with Gasteiger partial charge in [0.1, 0.15) is 0 Å². The Hall–Kier alpha value is -4.00. The minimum atomic E-state index is 0.338. The van der Waals surface area contributed by atoms with Gasteiger partial charge in [0.2, 0.25) is 5.95 Å². The maximum atomic E-state index is 5.03. The van der Waals surface area contributed by atoms with Gasteiger partial charge < -0.3 is 9.80 Å². The van der Waals surface area contributed by atoms with E-state index < -0.39 is 0 Å². The van der Waals surface area contributed by atoms with Crippen molar-refractivity contribution in [2.75, 3.05) is 29.4 Å². The van der Waals surface area contributed by atoms with Gasteiger partial charge in [0.15, 0.2) is 11.5 Å². The lowest BCUT2D eigenvalue weighted by Gasteiger charge is -2.41. The number of pyridine rings is 1. The van der Waals surface area contributed by atoms with E-state index >= 15 is 0 Å². The highest BCUT2D eigenvalue weighted by Gasteiger charge is 2.27. The number of anilines is 2. The van der Waals surface area contributed by atoms with Gasteiger partial charge in [-0.15, -0.1) is 5.10 Å². The second-order valence-corrected chi connectivity index (χ2v) is 8.67. The minimum absolute atomic E-state index is 0.338. The van der Waals surface area contributed by atoms with Gasteiger partial charge in [-0.25, -0.2) is 9.97 Å². The number of benzene rings is 2. The molecule has 164 valence electrons. The van der Waals surface area contributed by atoms with Gasteiger partial charge in [-0.05, 0) is 55.8 Å². The minimum Gasteiger partial charge on any atom is -0.365 e. The van der Waals surface area contributed by atoms with Gasteiger partial charge in [-0.2, -0.15) is 4.52 Å². The summed E-state index contributed by atoms with van der Waals surface area (Å²) in [7, 11) is 0. The molecule has 0 aliphatic carbocycles. The Morgan fingerprint density at radius 3 is 2.67 bits per heavy atom. The number of aryl methyl sites for hydroxylation is 1. The van der Waals surface area contributed by atoms with Gasteiger partial charge in [-0.1, -0.05) is 24.3 Å². The zero-order valence-electron chi connectivity index (χ0n) is 18.8. The third kappa shape index (κ3) is 3.46. The number of piperazine rings is 1. The summed E-state index contributed by atoms with van der Waals surface area (Å²) in [6.45, 7) is 7.06. The molecule has 1 fully saturated rings. The summed E-state index contributed by atoms with van der Waals surface area (Å²) < 4.78 is 1.90. The van der Waals surface area contributed by atoms with Crippen LogP contribution >= 0.6 is 0 Å². The summed E-state index contributed by atoms with van der Waals surface area (Å²) in [5.74, 6) is 1.50. The van der Waals surface area contributed by atoms with Crippen LogP contribution in [0.1, 0.15) is 12.5 Å². The maximum Gasteiger partial charge on any atom is 0.229 e. The van der Waals surface area contributed by atoms with Gasteiger partial charge in [0.25, 0.3) is 0 Å². The number of para-hydroxylation sites is 1. The first-order valence-electron chi connectivity index (χ1n) is 11.3. The summed E-state index contributed by atoms with van der Waals surface area (Å²) in [6, 6.07) is 21.1. The van der Waals surface area contributed by atoms with Crippen LogP contribution in [-0.4, -0.2) is 50.2 Å². The summed E-state index contributed by atoms with van der Waals surface area (Å²) in [4.78, 5) is 19.0. The van der Waals surface area contributed by atoms with Crippen LogP contribution < -0.4 is 9.80 Å². The molecule has 1 unspecified atom stereocenters. The Morgan fingerprint density at radius 2 is 1.85 bits per heavy atom. The van der Waals surface area contributed by atoms with Crippen LogP contribution in [0.4, 0.5) is 11.6 Å². The number of fused-ring (bicyclic) bond motifs is 3. The first-order chi connectivity index (χ1) is 16.2. The van der Waals surface area contributed by atoms with Gasteiger partial charge in [-0.3, -0.25) is 4.98 Å². The molecular weight excluding hydrogens is 410 g/mol. The highest BCUT2D eigenvalue weighted by atomic mass is 15.4. The molecule has 1 atom stereocenters. The summed E-state index contributed by atoms with van der Waals surface area (Å²) in [6.07, 6.45) is 3.56. The van der Waals surface area contributed by atoms with Crippen LogP contribution in [0.5, 0.6) is 0 Å². The molecule has 2 aromatic carbocycles. The predicted molar refractivity (Wildman–Crippen MR) is 132 cm³/mol. The van der Waals surface area contributed by atoms with Crippen molar-refractivity contribution in [1.29, 1.82) is 0 Å². The molecule has 6 rings (SSSR count). The molecule has 3 aromatic heterocycles. The molecule has 0 spiro atoms. The van der Waals surface area contributed by atoms with E-state index in [1.165, 1.54) is 11.3 Å². The number of aromatic nitrogens is 5. The Labute approximate surface area is 192 Å². The molecule has 0 radical (unpaired) electrons. The fourth-order valence-electron chi connectivity index (χ4n) is 4.69. The Bertz CT molecular complexity index is 1440. The zero-order valence-corrected chi connectivity index (χ0v) is 18.8. The van der Waals surface area contributed by atoms with Crippen molar-refractivity contribution < 1.29 is 0 Å². The molecule has 0 N–H and O–H groups in total. The fourth-order valence-corrected chi connectivity index (χ4v) is 4.69. The van der Waals surface area contributed by atoms with E-state index in [1.54, 1.807) is 12.4 Å². The fraction of sp³-hybridized carbons (Fsp3) is 0.231. The quantitative estimate of drug-likeness (QED) is 0.420. The van der Waals surface area contributed by atoms with Gasteiger partial charge in [0, 0.05) is 54.7 Å². The van der Waals surface area contributed by atoms with Crippen LogP contribution in [0.25, 0.3) is 27.9 Å². The topological polar surface area (TPSA) is 62.5 Å². The first-order valence-corrected chi connectivity index (χ1v) is 11.3. The second kappa shape index (κ2) is 7.85. The molecule has 7 nitrogen and oxygen atoms in total. The SMILES string of the molecule is Cc1cccc(N2CCN(c3nc4ccccc4c4nc(-c5cccnc5)nn34)CC2C)c1. The Kier molecular flexibility index (Phi) is 4.68. The third-order valence-electron chi connectivity index (χ3n) is 6.33. The molecule has 33 heavy (non-hydrogen) atoms. The van der Waals surface area contributed by atoms with Crippen LogP contribution in [0.3, 0.4) is 0 Å². The molecular formula is C26H25N7. The van der Waals surface area contributed by atoms with Crippen LogP contribution in [0, 0.1) is 6.92 Å². The highest BCUT2D eigenvalue weighted by molar-refractivity contribution is 5.93. The Morgan fingerprint density at radius 1 is 0.939 bits per heavy atom. The monoisotopic (exact) mass is 435 g/mol. The molecule has 0 bridgehead atoms. The smallest absolute Gasteiger partial charge is 0.229 e. The van der Waals surface area contributed by atoms with E-state index in [0.717, 1.165) is 47.7 Å². The average Bonchev–Trinajstić information content (AvgIpc) is 3.30. The number of nitrogens with zero attached hydrogens (tertiary/aromatic N) is 7. The lowest BCUT2D eigenvalue weighted by molar-refractivity contribution is 0.539. The van der Waals surface area contributed by atoms with Gasteiger partial charge >= 0.3 is 0 Å². The van der Waals surface area contributed by atoms with Crippen molar-refractivity contribution >= 4 is 28.2 Å². The summed E-state index contributed by atoms with van der Waals surface area (Å²) >= 11 is 0. The molecule has 7 heteroatoms. The molecule has 4 heterocycles. The van der Waals surface area contributed by atoms with Crippen LogP contribution in [0.2, 0.25) is 0 Å². The van der Waals surface area contributed by atoms with E-state index in [4.69, 9.17) is 15.1 Å². The van der Waals surface area contributed by atoms with Crippen molar-refractivity contribution in [3.8, 4) is 11.4 Å². The Balaban J connectivity index is 1.42.